The number of anilines is 2. The smallest absolute Gasteiger partial charge is 0.146 e. The van der Waals surface area contributed by atoms with E-state index >= 15 is 0 Å². The molecule has 0 amide bonds. The van der Waals surface area contributed by atoms with E-state index in [2.05, 4.69) is 0 Å². The van der Waals surface area contributed by atoms with Crippen LogP contribution in [0.1, 0.15) is 0 Å². The molecule has 0 saturated carbocycles. The number of nitrogen functional groups attached to an aromatic ring is 2. The van der Waals surface area contributed by atoms with Crippen LogP contribution in [0.2, 0.25) is 0 Å². The van der Waals surface area contributed by atoms with Crippen LogP contribution in [0.15, 0.2) is 30.3 Å². The zero-order valence-electron chi connectivity index (χ0n) is 8.68. The Kier molecular flexibility index (Phi) is 2.67. The van der Waals surface area contributed by atoms with Crippen molar-refractivity contribution in [3.8, 4) is 11.1 Å². The van der Waals surface area contributed by atoms with Gasteiger partial charge in [0.15, 0.2) is 0 Å². The molecule has 0 aliphatic rings. The molecular weight excluding hydrogens is 229 g/mol. The first kappa shape index (κ1) is 11.3. The topological polar surface area (TPSA) is 52.0 Å². The molecule has 88 valence electrons. The molecule has 0 unspecified atom stereocenters. The summed E-state index contributed by atoms with van der Waals surface area (Å²) in [5.74, 6) is -2.15. The van der Waals surface area contributed by atoms with E-state index in [0.717, 1.165) is 18.2 Å². The van der Waals surface area contributed by atoms with E-state index in [0.29, 0.717) is 0 Å². The average molecular weight is 238 g/mol. The summed E-state index contributed by atoms with van der Waals surface area (Å²) in [4.78, 5) is 0. The number of hydrogen-bond donors (Lipinski definition) is 2. The van der Waals surface area contributed by atoms with E-state index in [-0.39, 0.29) is 22.5 Å². The minimum Gasteiger partial charge on any atom is -0.396 e. The summed E-state index contributed by atoms with van der Waals surface area (Å²) < 4.78 is 40.0. The van der Waals surface area contributed by atoms with Crippen LogP contribution in [-0.2, 0) is 0 Å². The summed E-state index contributed by atoms with van der Waals surface area (Å²) in [5, 5.41) is 0. The van der Waals surface area contributed by atoms with Crippen LogP contribution in [0.25, 0.3) is 11.1 Å². The van der Waals surface area contributed by atoms with Crippen LogP contribution < -0.4 is 11.5 Å². The zero-order valence-corrected chi connectivity index (χ0v) is 8.68. The van der Waals surface area contributed by atoms with Crippen molar-refractivity contribution in [1.29, 1.82) is 0 Å². The Morgan fingerprint density at radius 2 is 1.35 bits per heavy atom. The summed E-state index contributed by atoms with van der Waals surface area (Å²) in [6.45, 7) is 0. The molecule has 0 aliphatic carbocycles. The largest absolute Gasteiger partial charge is 0.396 e. The molecule has 2 rings (SSSR count). The quantitative estimate of drug-likeness (QED) is 0.750. The SMILES string of the molecule is Nc1ccc(-c2cc(F)c(N)cc2F)cc1F. The molecule has 0 radical (unpaired) electrons. The van der Waals surface area contributed by atoms with Crippen molar-refractivity contribution in [1.82, 2.24) is 0 Å². The Hall–Kier alpha value is -2.17. The summed E-state index contributed by atoms with van der Waals surface area (Å²) in [7, 11) is 0. The molecule has 4 N–H and O–H groups in total. The van der Waals surface area contributed by atoms with Gasteiger partial charge >= 0.3 is 0 Å². The van der Waals surface area contributed by atoms with Crippen molar-refractivity contribution >= 4 is 11.4 Å². The highest BCUT2D eigenvalue weighted by Gasteiger charge is 2.11. The lowest BCUT2D eigenvalue weighted by molar-refractivity contribution is 0.606. The van der Waals surface area contributed by atoms with Gasteiger partial charge in [-0.1, -0.05) is 6.07 Å². The van der Waals surface area contributed by atoms with Crippen molar-refractivity contribution in [3.05, 3.63) is 47.8 Å². The highest BCUT2D eigenvalue weighted by molar-refractivity contribution is 5.68. The molecule has 2 aromatic carbocycles. The first-order chi connectivity index (χ1) is 7.99. The number of benzene rings is 2. The van der Waals surface area contributed by atoms with Crippen LogP contribution in [0.5, 0.6) is 0 Å². The lowest BCUT2D eigenvalue weighted by atomic mass is 10.0. The molecular formula is C12H9F3N2. The standard InChI is InChI=1S/C12H9F3N2/c13-8-5-12(17)10(15)4-7(8)6-1-2-11(16)9(14)3-6/h1-5H,16-17H2. The van der Waals surface area contributed by atoms with Crippen LogP contribution in [0.3, 0.4) is 0 Å². The molecule has 0 bridgehead atoms. The molecule has 5 heteroatoms. The third-order valence-electron chi connectivity index (χ3n) is 2.40. The molecule has 2 aromatic rings. The fourth-order valence-electron chi connectivity index (χ4n) is 1.48. The number of nitrogens with two attached hydrogens (primary N) is 2. The van der Waals surface area contributed by atoms with Gasteiger partial charge in [0.05, 0.1) is 11.4 Å². The second kappa shape index (κ2) is 4.01. The van der Waals surface area contributed by atoms with Gasteiger partial charge in [-0.15, -0.1) is 0 Å². The van der Waals surface area contributed by atoms with Crippen molar-refractivity contribution in [3.63, 3.8) is 0 Å². The Morgan fingerprint density at radius 3 is 2.00 bits per heavy atom. The third kappa shape index (κ3) is 2.04. The van der Waals surface area contributed by atoms with E-state index < -0.39 is 17.5 Å². The fraction of sp³-hybridized carbons (Fsp3) is 0. The Balaban J connectivity index is 2.60. The predicted octanol–water partition coefficient (Wildman–Crippen LogP) is 2.94. The first-order valence-electron chi connectivity index (χ1n) is 4.79. The van der Waals surface area contributed by atoms with Gasteiger partial charge in [-0.25, -0.2) is 13.2 Å². The van der Waals surface area contributed by atoms with Crippen molar-refractivity contribution < 1.29 is 13.2 Å². The van der Waals surface area contributed by atoms with Crippen LogP contribution in [0, 0.1) is 17.5 Å². The highest BCUT2D eigenvalue weighted by atomic mass is 19.1. The lowest BCUT2D eigenvalue weighted by Crippen LogP contribution is -1.96. The Morgan fingerprint density at radius 1 is 0.706 bits per heavy atom. The molecule has 0 aliphatic heterocycles. The third-order valence-corrected chi connectivity index (χ3v) is 2.40. The summed E-state index contributed by atoms with van der Waals surface area (Å²) in [6.07, 6.45) is 0. The highest BCUT2D eigenvalue weighted by Crippen LogP contribution is 2.28. The van der Waals surface area contributed by atoms with Gasteiger partial charge in [0.25, 0.3) is 0 Å². The summed E-state index contributed by atoms with van der Waals surface area (Å²) in [6, 6.07) is 5.53. The van der Waals surface area contributed by atoms with Gasteiger partial charge in [-0.3, -0.25) is 0 Å². The van der Waals surface area contributed by atoms with Gasteiger partial charge in [-0.05, 0) is 23.8 Å². The van der Waals surface area contributed by atoms with E-state index in [1.165, 1.54) is 12.1 Å². The van der Waals surface area contributed by atoms with Gasteiger partial charge < -0.3 is 11.5 Å². The van der Waals surface area contributed by atoms with E-state index in [1.807, 2.05) is 0 Å². The second-order valence-electron chi connectivity index (χ2n) is 3.59. The monoisotopic (exact) mass is 238 g/mol. The van der Waals surface area contributed by atoms with Crippen molar-refractivity contribution in [2.24, 2.45) is 0 Å². The number of hydrogen-bond acceptors (Lipinski definition) is 2. The minimum absolute atomic E-state index is 0.0509. The van der Waals surface area contributed by atoms with E-state index in [1.54, 1.807) is 0 Å². The Bertz CT molecular complexity index is 582. The number of halogens is 3. The molecule has 0 fully saturated rings. The van der Waals surface area contributed by atoms with Gasteiger partial charge in [0.1, 0.15) is 17.5 Å². The van der Waals surface area contributed by atoms with Crippen LogP contribution in [-0.4, -0.2) is 0 Å². The maximum absolute atomic E-state index is 13.5. The van der Waals surface area contributed by atoms with Gasteiger partial charge in [0, 0.05) is 11.6 Å². The maximum Gasteiger partial charge on any atom is 0.146 e. The van der Waals surface area contributed by atoms with Crippen LogP contribution >= 0.6 is 0 Å². The maximum atomic E-state index is 13.5. The predicted molar refractivity (Wildman–Crippen MR) is 60.6 cm³/mol. The van der Waals surface area contributed by atoms with Crippen molar-refractivity contribution in [2.45, 2.75) is 0 Å². The normalized spacial score (nSPS) is 10.5. The molecule has 0 saturated heterocycles. The molecule has 0 spiro atoms. The zero-order chi connectivity index (χ0) is 12.6. The molecule has 2 nitrogen and oxygen atoms in total. The fourth-order valence-corrected chi connectivity index (χ4v) is 1.48. The molecule has 0 atom stereocenters. The molecule has 17 heavy (non-hydrogen) atoms. The van der Waals surface area contributed by atoms with Gasteiger partial charge in [0.2, 0.25) is 0 Å². The van der Waals surface area contributed by atoms with Crippen LogP contribution in [0.4, 0.5) is 24.5 Å². The lowest BCUT2D eigenvalue weighted by Gasteiger charge is -2.06. The minimum atomic E-state index is -0.751. The summed E-state index contributed by atoms with van der Waals surface area (Å²) >= 11 is 0. The van der Waals surface area contributed by atoms with E-state index in [9.17, 15) is 13.2 Å². The molecule has 0 aromatic heterocycles. The van der Waals surface area contributed by atoms with Crippen molar-refractivity contribution in [2.75, 3.05) is 11.5 Å². The average Bonchev–Trinajstić information content (AvgIpc) is 2.27. The van der Waals surface area contributed by atoms with E-state index in [4.69, 9.17) is 11.5 Å². The molecule has 0 heterocycles. The Labute approximate surface area is 95.7 Å². The second-order valence-corrected chi connectivity index (χ2v) is 3.59. The summed E-state index contributed by atoms with van der Waals surface area (Å²) in [5.41, 5.74) is 10.3. The first-order valence-corrected chi connectivity index (χ1v) is 4.79. The van der Waals surface area contributed by atoms with Gasteiger partial charge in [-0.2, -0.15) is 0 Å². The number of rotatable bonds is 1.